The minimum absolute atomic E-state index is 0.199. The smallest absolute Gasteiger partial charge is 0.327 e. The Hall–Kier alpha value is -9.89. The lowest BCUT2D eigenvalue weighted by Gasteiger charge is -2.24. The van der Waals surface area contributed by atoms with Gasteiger partial charge in [0.2, 0.25) is 11.8 Å². The normalized spacial score (nSPS) is 12.3. The molecule has 4 aromatic heterocycles. The maximum absolute atomic E-state index is 12.2. The second-order valence-electron chi connectivity index (χ2n) is 19.3. The van der Waals surface area contributed by atoms with Crippen LogP contribution in [0.4, 0.5) is 0 Å². The van der Waals surface area contributed by atoms with Crippen molar-refractivity contribution in [2.45, 2.75) is 26.7 Å². The maximum Gasteiger partial charge on any atom is 0.327 e. The van der Waals surface area contributed by atoms with E-state index in [0.717, 1.165) is 83.1 Å². The number of nitriles is 1. The van der Waals surface area contributed by atoms with Gasteiger partial charge in [-0.2, -0.15) is 5.26 Å². The van der Waals surface area contributed by atoms with Gasteiger partial charge in [-0.25, -0.2) is 14.8 Å². The summed E-state index contributed by atoms with van der Waals surface area (Å²) in [6, 6.07) is 77.4. The molecule has 0 unspecified atom stereocenters. The molecule has 0 aliphatic carbocycles. The van der Waals surface area contributed by atoms with Crippen molar-refractivity contribution in [3.8, 4) is 17.3 Å². The Labute approximate surface area is 439 Å². The van der Waals surface area contributed by atoms with Crippen LogP contribution in [0.5, 0.6) is 0 Å². The monoisotopic (exact) mass is 976 g/mol. The van der Waals surface area contributed by atoms with E-state index in [1.165, 1.54) is 0 Å². The molecule has 0 fully saturated rings. The van der Waals surface area contributed by atoms with E-state index >= 15 is 0 Å². The molecule has 0 atom stereocenters. The maximum atomic E-state index is 12.2. The summed E-state index contributed by atoms with van der Waals surface area (Å²) in [5.74, 6) is 0.400. The first kappa shape index (κ1) is 45.9. The molecule has 8 nitrogen and oxygen atoms in total. The van der Waals surface area contributed by atoms with Gasteiger partial charge in [0.15, 0.2) is 11.2 Å². The van der Waals surface area contributed by atoms with Gasteiger partial charge in [-0.1, -0.05) is 229 Å². The number of rotatable bonds is 11. The van der Waals surface area contributed by atoms with E-state index < -0.39 is 13.7 Å². The number of benzene rings is 9. The Kier molecular flexibility index (Phi) is 11.6. The molecule has 358 valence electrons. The molecule has 0 radical (unpaired) electrons. The highest BCUT2D eigenvalue weighted by Gasteiger charge is 2.37. The summed E-state index contributed by atoms with van der Waals surface area (Å²) in [5, 5.41) is 19.1. The van der Waals surface area contributed by atoms with E-state index in [2.05, 4.69) is 179 Å². The van der Waals surface area contributed by atoms with Gasteiger partial charge in [-0.15, -0.1) is 0 Å². The fraction of sp³-hybridized carbons (Fsp3) is 0.0606. The highest BCUT2D eigenvalue weighted by molar-refractivity contribution is 6.85. The Morgan fingerprint density at radius 3 is 1.45 bits per heavy atom. The van der Waals surface area contributed by atoms with Crippen molar-refractivity contribution in [1.29, 1.82) is 5.26 Å². The van der Waals surface area contributed by atoms with Crippen molar-refractivity contribution in [1.82, 2.24) is 18.9 Å². The number of fused-ring (bicyclic) bond motifs is 5. The van der Waals surface area contributed by atoms with Crippen molar-refractivity contribution in [3.05, 3.63) is 264 Å². The zero-order chi connectivity index (χ0) is 51.3. The molecule has 4 heterocycles. The van der Waals surface area contributed by atoms with Crippen LogP contribution in [0.1, 0.15) is 36.4 Å². The molecule has 0 saturated carbocycles. The van der Waals surface area contributed by atoms with Crippen LogP contribution in [0.25, 0.3) is 81.9 Å². The van der Waals surface area contributed by atoms with E-state index in [9.17, 15) is 11.8 Å². The second-order valence-corrected chi connectivity index (χ2v) is 19.3. The van der Waals surface area contributed by atoms with Crippen molar-refractivity contribution in [2.75, 3.05) is 0 Å². The molecule has 0 saturated heterocycles. The number of hydrogen-bond donors (Lipinski definition) is 0. The van der Waals surface area contributed by atoms with Crippen molar-refractivity contribution in [3.63, 3.8) is 0 Å². The largest absolute Gasteiger partial charge is 0.447 e. The molecule has 0 amide bonds. The number of nitrogens with zero attached hydrogens (tertiary/aromatic N) is 6. The summed E-state index contributed by atoms with van der Waals surface area (Å²) in [5.41, 5.74) is 10.7. The summed E-state index contributed by atoms with van der Waals surface area (Å²) < 4.78 is 18.5. The van der Waals surface area contributed by atoms with Crippen LogP contribution in [-0.2, 0) is 6.42 Å². The first-order valence-corrected chi connectivity index (χ1v) is 25.7. The van der Waals surface area contributed by atoms with Gasteiger partial charge in [0.25, 0.3) is 5.70 Å². The summed E-state index contributed by atoms with van der Waals surface area (Å²) in [6.07, 6.45) is 1.31. The summed E-state index contributed by atoms with van der Waals surface area (Å²) in [6.45, 7) is 12.8. The predicted molar refractivity (Wildman–Crippen MR) is 310 cm³/mol. The third-order valence-corrected chi connectivity index (χ3v) is 14.7. The van der Waals surface area contributed by atoms with Gasteiger partial charge in [-0.05, 0) is 64.7 Å². The SMILES string of the molecule is [C-]#[N+]/C(c1nc2cc3ccccc3cc2o1)=c1\c2c(CCC)n(B(c3ccccc3)c3ccccc3)/c(=C(/C#N)c3nc4cc5ccccc5cc4o3)c2c(-c2ccccc2C)n1B(c1ccccc1)c1ccccc1. The first-order chi connectivity index (χ1) is 37.5. The topological polar surface area (TPSA) is 90.1 Å². The number of aromatic nitrogens is 4. The number of aryl methyl sites for hydroxylation is 2. The molecule has 0 bridgehead atoms. The van der Waals surface area contributed by atoms with Gasteiger partial charge in [0, 0.05) is 33.1 Å². The van der Waals surface area contributed by atoms with Crippen LogP contribution in [-0.4, -0.2) is 32.6 Å². The van der Waals surface area contributed by atoms with Crippen LogP contribution >= 0.6 is 0 Å². The fourth-order valence-electron chi connectivity index (χ4n) is 11.4. The Morgan fingerprint density at radius 1 is 0.539 bits per heavy atom. The minimum atomic E-state index is -0.500. The zero-order valence-corrected chi connectivity index (χ0v) is 41.9. The van der Waals surface area contributed by atoms with Gasteiger partial charge in [0.1, 0.15) is 22.7 Å². The summed E-state index contributed by atoms with van der Waals surface area (Å²) in [7, 11) is 0. The summed E-state index contributed by atoms with van der Waals surface area (Å²) in [4.78, 5) is 15.0. The molecule has 0 spiro atoms. The Bertz CT molecular complexity index is 4270. The highest BCUT2D eigenvalue weighted by atomic mass is 16.4. The van der Waals surface area contributed by atoms with E-state index in [1.54, 1.807) is 0 Å². The molecule has 9 aromatic carbocycles. The lowest BCUT2D eigenvalue weighted by atomic mass is 9.50. The third kappa shape index (κ3) is 7.70. The number of hydrogen-bond acceptors (Lipinski definition) is 5. The lowest BCUT2D eigenvalue weighted by Crippen LogP contribution is -2.54. The number of oxazole rings is 2. The molecule has 0 N–H and O–H groups in total. The van der Waals surface area contributed by atoms with E-state index in [-0.39, 0.29) is 23.1 Å². The highest BCUT2D eigenvalue weighted by Crippen LogP contribution is 2.36. The molecule has 10 heteroatoms. The van der Waals surface area contributed by atoms with Crippen LogP contribution < -0.4 is 32.5 Å². The average Bonchev–Trinajstić information content (AvgIpc) is 4.26. The zero-order valence-electron chi connectivity index (χ0n) is 41.9. The van der Waals surface area contributed by atoms with Crippen molar-refractivity contribution < 1.29 is 8.83 Å². The average molecular weight is 977 g/mol. The summed E-state index contributed by atoms with van der Waals surface area (Å²) >= 11 is 0. The lowest BCUT2D eigenvalue weighted by molar-refractivity contribution is 0.585. The first-order valence-electron chi connectivity index (χ1n) is 25.7. The molecular weight excluding hydrogens is 930 g/mol. The Morgan fingerprint density at radius 2 is 0.974 bits per heavy atom. The van der Waals surface area contributed by atoms with E-state index in [4.69, 9.17) is 18.8 Å². The third-order valence-electron chi connectivity index (χ3n) is 14.7. The van der Waals surface area contributed by atoms with Gasteiger partial charge < -0.3 is 17.8 Å². The molecule has 0 aliphatic rings. The van der Waals surface area contributed by atoms with E-state index in [0.29, 0.717) is 39.3 Å². The molecule has 13 rings (SSSR count). The van der Waals surface area contributed by atoms with Gasteiger partial charge in [0.05, 0.1) is 11.9 Å². The van der Waals surface area contributed by atoms with Gasteiger partial charge in [-0.3, -0.25) is 0 Å². The minimum Gasteiger partial charge on any atom is -0.447 e. The molecular formula is C66H46B2N6O2. The van der Waals surface area contributed by atoms with Gasteiger partial charge >= 0.3 is 13.7 Å². The fourth-order valence-corrected chi connectivity index (χ4v) is 11.4. The van der Waals surface area contributed by atoms with Crippen LogP contribution in [0.15, 0.2) is 227 Å². The van der Waals surface area contributed by atoms with Crippen molar-refractivity contribution in [2.24, 2.45) is 0 Å². The van der Waals surface area contributed by atoms with Crippen LogP contribution in [0, 0.1) is 24.8 Å². The second kappa shape index (κ2) is 19.2. The standard InChI is InChI=1S/C66H46B2N6O2/c1-4-23-56-59-60(63(73(56)67(48-29-9-5-10-30-48)49-31-11-6-12-32-49)53(42-69)65-71-54-38-44-25-18-20-27-46(44)40-57(54)75-65)62(52-37-22-17-24-43(52)2)74(68(50-33-13-7-14-34-50)51-35-15-8-16-36-51)64(59)61(70-3)66-72-55-39-45-26-19-21-28-47(45)41-58(55)76-66/h5-22,24-41H,4,23H2,1-2H3/b63-53-,64-61+. The Balaban J connectivity index is 1.33. The van der Waals surface area contributed by atoms with E-state index in [1.807, 2.05) is 72.8 Å². The van der Waals surface area contributed by atoms with Crippen molar-refractivity contribution >= 4 is 101 Å². The quantitative estimate of drug-likeness (QED) is 0.0951. The molecule has 13 aromatic rings. The molecule has 76 heavy (non-hydrogen) atoms. The molecule has 0 aliphatic heterocycles. The van der Waals surface area contributed by atoms with Crippen LogP contribution in [0.2, 0.25) is 0 Å². The van der Waals surface area contributed by atoms with Crippen LogP contribution in [0.3, 0.4) is 0 Å². The predicted octanol–water partition coefficient (Wildman–Crippen LogP) is 11.1.